The number of rotatable bonds is 5. The van der Waals surface area contributed by atoms with Gasteiger partial charge in [0.05, 0.1) is 38.8 Å². The van der Waals surface area contributed by atoms with Crippen LogP contribution >= 0.6 is 0 Å². The van der Waals surface area contributed by atoms with E-state index in [1.54, 1.807) is 4.90 Å². The number of aromatic nitrogens is 1. The standard InChI is InChI=1S/C24H29N3O2/c1-17-22(16-27(3)18-11-13-26(2)14-12-18)24(28)21-15-20(9-10-23(21)25-17)29-19-7-5-4-6-8-19/h4-10,15,18H,11-14,16H2,1-3H3,(H,25,28)/p+2. The molecule has 1 unspecified atom stereocenters. The molecule has 5 nitrogen and oxygen atoms in total. The Morgan fingerprint density at radius 3 is 2.55 bits per heavy atom. The summed E-state index contributed by atoms with van der Waals surface area (Å²) in [4.78, 5) is 19.8. The second kappa shape index (κ2) is 8.39. The van der Waals surface area contributed by atoms with E-state index in [4.69, 9.17) is 4.74 Å². The molecule has 1 aliphatic heterocycles. The number of hydrogen-bond donors (Lipinski definition) is 3. The van der Waals surface area contributed by atoms with Gasteiger partial charge in [-0.05, 0) is 37.3 Å². The number of H-pyrrole nitrogens is 1. The van der Waals surface area contributed by atoms with E-state index in [2.05, 4.69) is 19.1 Å². The molecule has 3 N–H and O–H groups in total. The number of ether oxygens (including phenoxy) is 1. The minimum Gasteiger partial charge on any atom is -0.457 e. The first-order chi connectivity index (χ1) is 14.0. The third-order valence-corrected chi connectivity index (χ3v) is 6.26. The molecule has 0 bridgehead atoms. The number of likely N-dealkylation sites (tertiary alicyclic amines) is 1. The number of quaternary nitrogens is 2. The van der Waals surface area contributed by atoms with Gasteiger partial charge in [-0.25, -0.2) is 0 Å². The van der Waals surface area contributed by atoms with Crippen molar-refractivity contribution in [3.8, 4) is 11.5 Å². The predicted octanol–water partition coefficient (Wildman–Crippen LogP) is 1.32. The van der Waals surface area contributed by atoms with Crippen LogP contribution in [0.4, 0.5) is 0 Å². The van der Waals surface area contributed by atoms with Crippen molar-refractivity contribution in [1.29, 1.82) is 0 Å². The first-order valence-electron chi connectivity index (χ1n) is 10.5. The van der Waals surface area contributed by atoms with Crippen LogP contribution in [0.25, 0.3) is 10.9 Å². The third-order valence-electron chi connectivity index (χ3n) is 6.26. The summed E-state index contributed by atoms with van der Waals surface area (Å²) in [7, 11) is 4.49. The SMILES string of the molecule is Cc1[nH]c2ccc(Oc3ccccc3)cc2c(=O)c1C[NH+](C)C1CC[NH+](C)CC1. The molecule has 0 spiro atoms. The van der Waals surface area contributed by atoms with E-state index in [9.17, 15) is 4.79 Å². The van der Waals surface area contributed by atoms with Crippen LogP contribution in [0.1, 0.15) is 24.1 Å². The summed E-state index contributed by atoms with van der Waals surface area (Å²) in [5, 5.41) is 0.694. The fourth-order valence-corrected chi connectivity index (χ4v) is 4.36. The summed E-state index contributed by atoms with van der Waals surface area (Å²) in [5.74, 6) is 1.45. The Kier molecular flexibility index (Phi) is 5.69. The van der Waals surface area contributed by atoms with Crippen LogP contribution in [-0.2, 0) is 6.54 Å². The lowest BCUT2D eigenvalue weighted by Gasteiger charge is -2.30. The van der Waals surface area contributed by atoms with Crippen molar-refractivity contribution in [3.05, 3.63) is 70.0 Å². The molecule has 1 atom stereocenters. The van der Waals surface area contributed by atoms with E-state index in [0.717, 1.165) is 29.1 Å². The van der Waals surface area contributed by atoms with E-state index >= 15 is 0 Å². The molecule has 3 aromatic rings. The molecule has 2 aromatic carbocycles. The molecule has 0 amide bonds. The van der Waals surface area contributed by atoms with Gasteiger partial charge in [-0.1, -0.05) is 18.2 Å². The monoisotopic (exact) mass is 393 g/mol. The Morgan fingerprint density at radius 1 is 1.10 bits per heavy atom. The number of piperidine rings is 1. The minimum atomic E-state index is 0.118. The van der Waals surface area contributed by atoms with Gasteiger partial charge in [-0.3, -0.25) is 4.79 Å². The maximum absolute atomic E-state index is 13.3. The first kappa shape index (κ1) is 19.7. The molecule has 1 aromatic heterocycles. The topological polar surface area (TPSA) is 51.0 Å². The average Bonchev–Trinajstić information content (AvgIpc) is 2.73. The zero-order chi connectivity index (χ0) is 20.4. The van der Waals surface area contributed by atoms with Crippen LogP contribution < -0.4 is 20.0 Å². The Labute approximate surface area is 171 Å². The largest absolute Gasteiger partial charge is 0.457 e. The number of para-hydroxylation sites is 1. The quantitative estimate of drug-likeness (QED) is 0.612. The third kappa shape index (κ3) is 4.36. The van der Waals surface area contributed by atoms with Crippen LogP contribution in [0.2, 0.25) is 0 Å². The number of nitrogens with one attached hydrogen (secondary N) is 3. The van der Waals surface area contributed by atoms with Crippen molar-refractivity contribution in [3.63, 3.8) is 0 Å². The highest BCUT2D eigenvalue weighted by atomic mass is 16.5. The van der Waals surface area contributed by atoms with Crippen LogP contribution in [-0.4, -0.2) is 38.2 Å². The van der Waals surface area contributed by atoms with Crippen molar-refractivity contribution in [1.82, 2.24) is 4.98 Å². The fraction of sp³-hybridized carbons (Fsp3) is 0.375. The minimum absolute atomic E-state index is 0.118. The van der Waals surface area contributed by atoms with Gasteiger partial charge in [0.1, 0.15) is 18.0 Å². The van der Waals surface area contributed by atoms with Gasteiger partial charge in [-0.2, -0.15) is 0 Å². The first-order valence-corrected chi connectivity index (χ1v) is 10.5. The highest BCUT2D eigenvalue weighted by molar-refractivity contribution is 5.81. The van der Waals surface area contributed by atoms with Gasteiger partial charge in [-0.15, -0.1) is 0 Å². The Balaban J connectivity index is 1.61. The van der Waals surface area contributed by atoms with E-state index in [1.807, 2.05) is 55.5 Å². The maximum Gasteiger partial charge on any atom is 0.198 e. The van der Waals surface area contributed by atoms with Gasteiger partial charge in [0, 0.05) is 29.4 Å². The summed E-state index contributed by atoms with van der Waals surface area (Å²) in [6.07, 6.45) is 2.44. The van der Waals surface area contributed by atoms with Crippen molar-refractivity contribution in [2.75, 3.05) is 27.2 Å². The lowest BCUT2D eigenvalue weighted by Crippen LogP contribution is -3.17. The van der Waals surface area contributed by atoms with Crippen LogP contribution in [0.15, 0.2) is 53.3 Å². The van der Waals surface area contributed by atoms with Gasteiger partial charge >= 0.3 is 0 Å². The Morgan fingerprint density at radius 2 is 1.83 bits per heavy atom. The predicted molar refractivity (Wildman–Crippen MR) is 116 cm³/mol. The zero-order valence-corrected chi connectivity index (χ0v) is 17.5. The number of aryl methyl sites for hydroxylation is 1. The number of pyridine rings is 1. The summed E-state index contributed by atoms with van der Waals surface area (Å²) in [6, 6.07) is 16.0. The van der Waals surface area contributed by atoms with E-state index in [1.165, 1.54) is 30.8 Å². The number of aromatic amines is 1. The maximum atomic E-state index is 13.3. The second-order valence-corrected chi connectivity index (χ2v) is 8.43. The Hall–Kier alpha value is -2.63. The molecule has 2 heterocycles. The van der Waals surface area contributed by atoms with E-state index in [-0.39, 0.29) is 5.43 Å². The van der Waals surface area contributed by atoms with Crippen LogP contribution in [0.5, 0.6) is 11.5 Å². The zero-order valence-electron chi connectivity index (χ0n) is 17.5. The van der Waals surface area contributed by atoms with Crippen molar-refractivity contribution < 1.29 is 14.5 Å². The smallest absolute Gasteiger partial charge is 0.198 e. The summed E-state index contributed by atoms with van der Waals surface area (Å²) >= 11 is 0. The molecule has 4 rings (SSSR count). The molecule has 1 fully saturated rings. The molecule has 0 radical (unpaired) electrons. The van der Waals surface area contributed by atoms with E-state index in [0.29, 0.717) is 17.2 Å². The molecule has 29 heavy (non-hydrogen) atoms. The molecule has 152 valence electrons. The van der Waals surface area contributed by atoms with Gasteiger partial charge in [0.15, 0.2) is 5.43 Å². The highest BCUT2D eigenvalue weighted by Crippen LogP contribution is 2.24. The molecular formula is C24H31N3O2+2. The van der Waals surface area contributed by atoms with Gasteiger partial charge in [0.2, 0.25) is 0 Å². The Bertz CT molecular complexity index is 1040. The van der Waals surface area contributed by atoms with Crippen molar-refractivity contribution in [2.24, 2.45) is 0 Å². The second-order valence-electron chi connectivity index (χ2n) is 8.43. The highest BCUT2D eigenvalue weighted by Gasteiger charge is 2.27. The summed E-state index contributed by atoms with van der Waals surface area (Å²) < 4.78 is 5.94. The number of fused-ring (bicyclic) bond motifs is 1. The molecule has 1 aliphatic rings. The van der Waals surface area contributed by atoms with Crippen LogP contribution in [0, 0.1) is 6.92 Å². The lowest BCUT2D eigenvalue weighted by molar-refractivity contribution is -0.948. The summed E-state index contributed by atoms with van der Waals surface area (Å²) in [5.41, 5.74) is 2.83. The average molecular weight is 394 g/mol. The lowest BCUT2D eigenvalue weighted by atomic mass is 10.0. The molecule has 0 aliphatic carbocycles. The van der Waals surface area contributed by atoms with Crippen LogP contribution in [0.3, 0.4) is 0 Å². The van der Waals surface area contributed by atoms with Crippen molar-refractivity contribution in [2.45, 2.75) is 32.4 Å². The molecular weight excluding hydrogens is 362 g/mol. The molecule has 1 saturated heterocycles. The number of hydrogen-bond acceptors (Lipinski definition) is 2. The van der Waals surface area contributed by atoms with E-state index < -0.39 is 0 Å². The normalized spacial score (nSPS) is 20.5. The molecule has 0 saturated carbocycles. The molecule has 5 heteroatoms. The number of benzene rings is 2. The fourth-order valence-electron chi connectivity index (χ4n) is 4.36. The van der Waals surface area contributed by atoms with Crippen molar-refractivity contribution >= 4 is 10.9 Å². The van der Waals surface area contributed by atoms with Gasteiger partial charge < -0.3 is 19.5 Å². The summed E-state index contributed by atoms with van der Waals surface area (Å²) in [6.45, 7) is 5.20. The van der Waals surface area contributed by atoms with Gasteiger partial charge in [0.25, 0.3) is 0 Å².